The highest BCUT2D eigenvalue weighted by atomic mass is 16.6. The van der Waals surface area contributed by atoms with Crippen molar-refractivity contribution in [1.82, 2.24) is 20.9 Å². The SMILES string of the molecule is CC(C)C1(C(C)(C)C)CCC(C)(CC(=O)Cc2ccccc2)CC1.CC(C)C1(C(C)(C)C)CCC(C)(CC(=O)c2ccccc2)CC1.CC(C)C1(C(C)(C)C)CCC(N2C(=O)c3ccccc3C2=O)CC1.CC(C)C1(C(C)(C)C)CCC(NC(=O)Cc2ccccc2)CC1.CC(C)C1(C(C)(C)C)CCC(NC(=O)OC(C)(C)C)[C@H](C)C1.CC(C)C1(C(C)(C)C)CCC(NC(=O)c2ccccc2)CC1. The Kier molecular flexibility index (Phi) is 40.6. The second-order valence-corrected chi connectivity index (χ2v) is 54.2. The minimum atomic E-state index is -0.435. The molecule has 0 bridgehead atoms. The predicted molar refractivity (Wildman–Crippen MR) is 581 cm³/mol. The quantitative estimate of drug-likeness (QED) is 0.0511. The number of fused-ring (bicyclic) bond motifs is 1. The van der Waals surface area contributed by atoms with Crippen LogP contribution in [0.25, 0.3) is 0 Å². The maximum atomic E-state index is 12.7. The summed E-state index contributed by atoms with van der Waals surface area (Å²) in [6.45, 7) is 83.6. The molecule has 5 amide bonds. The van der Waals surface area contributed by atoms with Gasteiger partial charge >= 0.3 is 6.09 Å². The zero-order valence-electron chi connectivity index (χ0n) is 94.5. The summed E-state index contributed by atoms with van der Waals surface area (Å²) >= 11 is 0. The molecular formula is C126H200N4O8. The Morgan fingerprint density at radius 3 is 0.978 bits per heavy atom. The van der Waals surface area contributed by atoms with E-state index in [1.54, 1.807) is 12.1 Å². The van der Waals surface area contributed by atoms with Crippen LogP contribution in [0.5, 0.6) is 0 Å². The van der Waals surface area contributed by atoms with E-state index >= 15 is 0 Å². The molecule has 0 saturated heterocycles. The van der Waals surface area contributed by atoms with Crippen LogP contribution >= 0.6 is 0 Å². The Labute approximate surface area is 843 Å². The van der Waals surface area contributed by atoms with Crippen LogP contribution in [0.2, 0.25) is 0 Å². The molecule has 7 aliphatic rings. The lowest BCUT2D eigenvalue weighted by Crippen LogP contribution is -2.52. The molecule has 772 valence electrons. The van der Waals surface area contributed by atoms with E-state index < -0.39 is 5.60 Å². The number of alkyl carbamates (subject to hydrolysis) is 1. The van der Waals surface area contributed by atoms with E-state index in [9.17, 15) is 33.6 Å². The third-order valence-corrected chi connectivity index (χ3v) is 37.6. The molecule has 1 heterocycles. The summed E-state index contributed by atoms with van der Waals surface area (Å²) in [5.41, 5.74) is 8.95. The van der Waals surface area contributed by atoms with Gasteiger partial charge in [-0.3, -0.25) is 33.7 Å². The fourth-order valence-corrected chi connectivity index (χ4v) is 28.0. The maximum Gasteiger partial charge on any atom is 0.407 e. The fraction of sp³-hybridized carbons (Fsp3) is 0.706. The van der Waals surface area contributed by atoms with Crippen molar-refractivity contribution in [1.29, 1.82) is 0 Å². The Balaban J connectivity index is 0.000000225. The highest BCUT2D eigenvalue weighted by Gasteiger charge is 2.56. The number of Topliss-reactive ketones (excluding diaryl/α,β-unsaturated/α-hetero) is 2. The molecule has 0 aromatic heterocycles. The monoisotopic (exact) mass is 1900 g/mol. The van der Waals surface area contributed by atoms with Crippen molar-refractivity contribution in [2.45, 2.75) is 452 Å². The first-order valence-electron chi connectivity index (χ1n) is 54.5. The van der Waals surface area contributed by atoms with E-state index in [0.29, 0.717) is 144 Å². The number of hydrogen-bond acceptors (Lipinski definition) is 8. The summed E-state index contributed by atoms with van der Waals surface area (Å²) in [5.74, 6) is 5.20. The lowest BCUT2D eigenvalue weighted by Gasteiger charge is -2.54. The van der Waals surface area contributed by atoms with Gasteiger partial charge in [0.2, 0.25) is 5.91 Å². The Morgan fingerprint density at radius 1 is 0.348 bits per heavy atom. The lowest BCUT2D eigenvalue weighted by molar-refractivity contribution is -0.123. The first-order valence-corrected chi connectivity index (χ1v) is 54.5. The van der Waals surface area contributed by atoms with Crippen molar-refractivity contribution in [3.8, 4) is 0 Å². The molecule has 12 rings (SSSR count). The van der Waals surface area contributed by atoms with Crippen LogP contribution in [0.4, 0.5) is 4.79 Å². The molecule has 5 aromatic carbocycles. The lowest BCUT2D eigenvalue weighted by atomic mass is 9.50. The standard InChI is InChI=1S/C23H36O.C22H34O.C21H29NO2.C21H33NO.C20H31NO.C19H37NO2/c1-18(2)23(21(3,4)5)14-12-22(6,13-15-23)17-20(24)16-19-10-8-7-9-11-19;1-17(2)22(20(3,4)5)14-12-21(6,13-15-22)16-19(23)18-10-8-7-9-11-18;1-14(2)21(20(3,4)5)12-10-15(11-13-21)22-18(23)16-8-6-7-9-17(16)19(22)24;1-16(2)21(20(3,4)5)13-11-18(12-14-21)22-19(23)15-17-9-7-6-8-10-17;1-15(2)20(19(3,4)5)13-11-17(12-14-20)21-18(22)16-9-7-6-8-10-16;1-13(2)19(17(4,5)6)11-10-15(14(3)12-19)20-16(21)22-18(7,8)9/h7-11,18H,12-17H2,1-6H3;7-11,17H,12-16H2,1-6H3;6-9,14-15H,10-13H2,1-5H3;6-10,16,18H,11-15H2,1-5H3,(H,22,23);6-10,15,17H,11-14H2,1-5H3,(H,21,22);13-15H,10-12H2,1-9H3,(H,20,21)/t;;;;;14-,15?,19?/m.....1/s1. The number of nitrogens with zero attached hydrogens (tertiary/aromatic N) is 1. The zero-order chi connectivity index (χ0) is 104. The number of carbonyl (C=O) groups is 7. The second kappa shape index (κ2) is 47.5. The van der Waals surface area contributed by atoms with Gasteiger partial charge in [0.1, 0.15) is 11.4 Å². The molecule has 6 aliphatic carbocycles. The Bertz CT molecular complexity index is 4600. The van der Waals surface area contributed by atoms with Gasteiger partial charge in [0, 0.05) is 54.6 Å². The molecule has 3 atom stereocenters. The van der Waals surface area contributed by atoms with E-state index in [4.69, 9.17) is 4.74 Å². The minimum Gasteiger partial charge on any atom is -0.444 e. The van der Waals surface area contributed by atoms with Crippen molar-refractivity contribution in [3.05, 3.63) is 179 Å². The molecule has 138 heavy (non-hydrogen) atoms. The topological polar surface area (TPSA) is 168 Å². The summed E-state index contributed by atoms with van der Waals surface area (Å²) in [6.07, 6.45) is 28.5. The van der Waals surface area contributed by atoms with Gasteiger partial charge < -0.3 is 20.7 Å². The summed E-state index contributed by atoms with van der Waals surface area (Å²) in [5, 5.41) is 9.57. The second-order valence-electron chi connectivity index (χ2n) is 54.2. The van der Waals surface area contributed by atoms with Gasteiger partial charge in [-0.15, -0.1) is 0 Å². The first-order chi connectivity index (χ1) is 63.7. The number of benzene rings is 5. The summed E-state index contributed by atoms with van der Waals surface area (Å²) in [4.78, 5) is 88.7. The molecule has 0 spiro atoms. The average molecular weight is 1900 g/mol. The van der Waals surface area contributed by atoms with E-state index in [0.717, 1.165) is 92.9 Å². The van der Waals surface area contributed by atoms with Gasteiger partial charge in [-0.1, -0.05) is 350 Å². The van der Waals surface area contributed by atoms with Crippen molar-refractivity contribution < 1.29 is 38.3 Å². The number of nitrogens with one attached hydrogen (secondary N) is 3. The number of carbonyl (C=O) groups excluding carboxylic acids is 7. The highest BCUT2D eigenvalue weighted by molar-refractivity contribution is 6.21. The van der Waals surface area contributed by atoms with Crippen molar-refractivity contribution >= 4 is 41.3 Å². The van der Waals surface area contributed by atoms with E-state index in [2.05, 4.69) is 257 Å². The molecule has 6 fully saturated rings. The first kappa shape index (κ1) is 118. The van der Waals surface area contributed by atoms with Crippen molar-refractivity contribution in [3.63, 3.8) is 0 Å². The molecule has 12 nitrogen and oxygen atoms in total. The summed E-state index contributed by atoms with van der Waals surface area (Å²) < 4.78 is 5.41. The average Bonchev–Trinajstić information content (AvgIpc) is 1.49. The molecule has 0 radical (unpaired) electrons. The van der Waals surface area contributed by atoms with Crippen LogP contribution < -0.4 is 16.0 Å². The number of hydrogen-bond donors (Lipinski definition) is 3. The molecule has 1 aliphatic heterocycles. The van der Waals surface area contributed by atoms with Crippen LogP contribution in [0, 0.1) is 117 Å². The van der Waals surface area contributed by atoms with Gasteiger partial charge in [-0.2, -0.15) is 0 Å². The number of amides is 5. The number of ketones is 2. The normalized spacial score (nSPS) is 27.7. The molecule has 6 saturated carbocycles. The maximum absolute atomic E-state index is 12.7. The third kappa shape index (κ3) is 29.3. The smallest absolute Gasteiger partial charge is 0.407 e. The number of ether oxygens (including phenoxy) is 1. The van der Waals surface area contributed by atoms with Gasteiger partial charge in [0.15, 0.2) is 5.78 Å². The van der Waals surface area contributed by atoms with Crippen molar-refractivity contribution in [2.24, 2.45) is 117 Å². The molecule has 5 aromatic rings. The van der Waals surface area contributed by atoms with Gasteiger partial charge in [-0.05, 0) is 321 Å². The van der Waals surface area contributed by atoms with Crippen molar-refractivity contribution in [2.75, 3.05) is 0 Å². The van der Waals surface area contributed by atoms with Crippen LogP contribution in [0.15, 0.2) is 146 Å². The zero-order valence-corrected chi connectivity index (χ0v) is 94.5. The molecular weight excluding hydrogens is 1700 g/mol. The number of imide groups is 1. The van der Waals surface area contributed by atoms with Crippen LogP contribution in [-0.4, -0.2) is 76.0 Å². The van der Waals surface area contributed by atoms with Gasteiger partial charge in [-0.25, -0.2) is 4.79 Å². The molecule has 3 N–H and O–H groups in total. The largest absolute Gasteiger partial charge is 0.444 e. The Morgan fingerprint density at radius 2 is 0.645 bits per heavy atom. The van der Waals surface area contributed by atoms with Gasteiger partial charge in [0.05, 0.1) is 17.5 Å². The number of rotatable bonds is 20. The van der Waals surface area contributed by atoms with E-state index in [1.807, 2.05) is 142 Å². The summed E-state index contributed by atoms with van der Waals surface area (Å²) in [6, 6.07) is 47.6. The van der Waals surface area contributed by atoms with E-state index in [-0.39, 0.29) is 68.9 Å². The summed E-state index contributed by atoms with van der Waals surface area (Å²) in [7, 11) is 0. The Hall–Kier alpha value is -7.21. The van der Waals surface area contributed by atoms with E-state index in [1.165, 1.54) is 88.4 Å². The van der Waals surface area contributed by atoms with Gasteiger partial charge in [0.25, 0.3) is 17.7 Å². The highest BCUT2D eigenvalue weighted by Crippen LogP contribution is 2.63. The van der Waals surface area contributed by atoms with Crippen LogP contribution in [0.3, 0.4) is 0 Å². The fourth-order valence-electron chi connectivity index (χ4n) is 28.0. The third-order valence-electron chi connectivity index (χ3n) is 37.6. The van der Waals surface area contributed by atoms with Crippen LogP contribution in [0.1, 0.15) is 462 Å². The molecule has 2 unspecified atom stereocenters. The van der Waals surface area contributed by atoms with Crippen LogP contribution in [-0.2, 0) is 27.2 Å². The minimum absolute atomic E-state index is 0.0478. The molecule has 12 heteroatoms. The predicted octanol–water partition coefficient (Wildman–Crippen LogP) is 33.3.